The fourth-order valence-corrected chi connectivity index (χ4v) is 3.56. The summed E-state index contributed by atoms with van der Waals surface area (Å²) >= 11 is 5.59. The quantitative estimate of drug-likeness (QED) is 0.593. The lowest BCUT2D eigenvalue weighted by molar-refractivity contribution is -0.116. The molecular formula is C8H16ClO3P. The number of rotatable bonds is 0. The van der Waals surface area contributed by atoms with Crippen molar-refractivity contribution in [2.45, 2.75) is 46.3 Å². The summed E-state index contributed by atoms with van der Waals surface area (Å²) in [5.41, 5.74) is -0.752. The van der Waals surface area contributed by atoms with Gasteiger partial charge in [0.15, 0.2) is 0 Å². The standard InChI is InChI=1S/C8H16ClO3P/c1-6-7(2,3)8(4,5)12-13(9,10)11-6/h6H,1-5H3. The van der Waals surface area contributed by atoms with Crippen molar-refractivity contribution in [3.63, 3.8) is 0 Å². The maximum absolute atomic E-state index is 11.5. The van der Waals surface area contributed by atoms with Gasteiger partial charge >= 0.3 is 6.95 Å². The molecule has 1 rings (SSSR count). The maximum Gasteiger partial charge on any atom is 0.425 e. The molecule has 0 aliphatic carbocycles. The lowest BCUT2D eigenvalue weighted by Gasteiger charge is -2.49. The predicted molar refractivity (Wildman–Crippen MR) is 53.0 cm³/mol. The Kier molecular flexibility index (Phi) is 2.62. The first-order valence-electron chi connectivity index (χ1n) is 4.27. The fraction of sp³-hybridized carbons (Fsp3) is 1.00. The van der Waals surface area contributed by atoms with Crippen LogP contribution >= 0.6 is 18.2 Å². The third kappa shape index (κ3) is 1.94. The predicted octanol–water partition coefficient (Wildman–Crippen LogP) is 3.57. The van der Waals surface area contributed by atoms with Gasteiger partial charge in [-0.3, -0.25) is 9.05 Å². The van der Waals surface area contributed by atoms with Gasteiger partial charge in [0.1, 0.15) is 0 Å². The molecule has 1 heterocycles. The van der Waals surface area contributed by atoms with Crippen LogP contribution in [0.15, 0.2) is 0 Å². The molecule has 0 aromatic heterocycles. The van der Waals surface area contributed by atoms with Crippen molar-refractivity contribution in [2.24, 2.45) is 5.41 Å². The van der Waals surface area contributed by atoms with Crippen LogP contribution in [0.4, 0.5) is 0 Å². The molecule has 13 heavy (non-hydrogen) atoms. The minimum absolute atomic E-state index is 0.181. The molecule has 2 unspecified atom stereocenters. The van der Waals surface area contributed by atoms with Gasteiger partial charge in [0, 0.05) is 16.7 Å². The monoisotopic (exact) mass is 226 g/mol. The van der Waals surface area contributed by atoms with E-state index in [1.165, 1.54) is 0 Å². The minimum atomic E-state index is -3.37. The van der Waals surface area contributed by atoms with Gasteiger partial charge in [-0.05, 0) is 20.8 Å². The average Bonchev–Trinajstić information content (AvgIpc) is 1.80. The third-order valence-corrected chi connectivity index (χ3v) is 4.88. The summed E-state index contributed by atoms with van der Waals surface area (Å²) < 4.78 is 21.8. The molecule has 2 atom stereocenters. The van der Waals surface area contributed by atoms with Crippen LogP contribution < -0.4 is 0 Å². The molecular weight excluding hydrogens is 211 g/mol. The molecule has 0 N–H and O–H groups in total. The number of halogens is 1. The van der Waals surface area contributed by atoms with Gasteiger partial charge in [0.25, 0.3) is 0 Å². The van der Waals surface area contributed by atoms with Gasteiger partial charge in [0.05, 0.1) is 11.7 Å². The largest absolute Gasteiger partial charge is 0.425 e. The van der Waals surface area contributed by atoms with E-state index in [0.29, 0.717) is 0 Å². The van der Waals surface area contributed by atoms with Gasteiger partial charge in [0.2, 0.25) is 0 Å². The second-order valence-corrected chi connectivity index (χ2v) is 7.00. The van der Waals surface area contributed by atoms with Crippen molar-refractivity contribution in [1.82, 2.24) is 0 Å². The van der Waals surface area contributed by atoms with Crippen molar-refractivity contribution in [3.05, 3.63) is 0 Å². The van der Waals surface area contributed by atoms with Crippen molar-refractivity contribution in [3.8, 4) is 0 Å². The van der Waals surface area contributed by atoms with Crippen molar-refractivity contribution in [1.29, 1.82) is 0 Å². The summed E-state index contributed by atoms with van der Waals surface area (Å²) in [4.78, 5) is 0. The third-order valence-electron chi connectivity index (χ3n) is 3.19. The van der Waals surface area contributed by atoms with Crippen LogP contribution in [-0.2, 0) is 13.6 Å². The van der Waals surface area contributed by atoms with Gasteiger partial charge in [-0.1, -0.05) is 13.8 Å². The minimum Gasteiger partial charge on any atom is -0.293 e. The molecule has 5 heteroatoms. The highest BCUT2D eigenvalue weighted by Crippen LogP contribution is 2.65. The molecule has 1 aliphatic rings. The number of hydrogen-bond acceptors (Lipinski definition) is 3. The highest BCUT2D eigenvalue weighted by Gasteiger charge is 2.53. The van der Waals surface area contributed by atoms with Crippen LogP contribution in [-0.4, -0.2) is 11.7 Å². The van der Waals surface area contributed by atoms with Crippen LogP contribution in [0.3, 0.4) is 0 Å². The summed E-state index contributed by atoms with van der Waals surface area (Å²) in [5, 5.41) is 0. The summed E-state index contributed by atoms with van der Waals surface area (Å²) in [5.74, 6) is 0. The van der Waals surface area contributed by atoms with Gasteiger partial charge in [-0.25, -0.2) is 4.57 Å². The van der Waals surface area contributed by atoms with Crippen LogP contribution in [0.2, 0.25) is 0 Å². The fourth-order valence-electron chi connectivity index (χ4n) is 1.22. The topological polar surface area (TPSA) is 35.5 Å². The first-order valence-corrected chi connectivity index (χ1v) is 6.72. The first-order chi connectivity index (χ1) is 5.58. The molecule has 0 saturated carbocycles. The molecule has 0 amide bonds. The van der Waals surface area contributed by atoms with Crippen molar-refractivity contribution >= 4 is 18.2 Å². The Morgan fingerprint density at radius 3 is 2.15 bits per heavy atom. The van der Waals surface area contributed by atoms with Crippen LogP contribution in [0.25, 0.3) is 0 Å². The number of hydrogen-bond donors (Lipinski definition) is 0. The highest BCUT2D eigenvalue weighted by atomic mass is 35.7. The average molecular weight is 227 g/mol. The zero-order valence-corrected chi connectivity index (χ0v) is 10.3. The molecule has 1 saturated heterocycles. The van der Waals surface area contributed by atoms with Gasteiger partial charge < -0.3 is 0 Å². The van der Waals surface area contributed by atoms with Crippen LogP contribution in [0, 0.1) is 5.41 Å². The molecule has 0 radical (unpaired) electrons. The van der Waals surface area contributed by atoms with E-state index in [1.807, 2.05) is 34.6 Å². The van der Waals surface area contributed by atoms with Crippen LogP contribution in [0.1, 0.15) is 34.6 Å². The molecule has 1 aliphatic heterocycles. The van der Waals surface area contributed by atoms with E-state index in [9.17, 15) is 4.57 Å². The molecule has 78 valence electrons. The van der Waals surface area contributed by atoms with Gasteiger partial charge in [-0.15, -0.1) is 0 Å². The summed E-state index contributed by atoms with van der Waals surface area (Å²) in [7, 11) is 0. The molecule has 0 bridgehead atoms. The van der Waals surface area contributed by atoms with Crippen molar-refractivity contribution in [2.75, 3.05) is 0 Å². The lowest BCUT2D eigenvalue weighted by Crippen LogP contribution is -2.51. The lowest BCUT2D eigenvalue weighted by atomic mass is 9.73. The Bertz CT molecular complexity index is 262. The molecule has 3 nitrogen and oxygen atoms in total. The smallest absolute Gasteiger partial charge is 0.293 e. The van der Waals surface area contributed by atoms with Gasteiger partial charge in [-0.2, -0.15) is 0 Å². The SMILES string of the molecule is CC1OP(=O)(Cl)OC(C)(C)C1(C)C. The second kappa shape index (κ2) is 2.96. The normalized spacial score (nSPS) is 43.1. The molecule has 0 aromatic carbocycles. The Hall–Kier alpha value is 0.440. The van der Waals surface area contributed by atoms with E-state index >= 15 is 0 Å². The summed E-state index contributed by atoms with van der Waals surface area (Å²) in [6.45, 7) is 6.26. The Labute approximate surface area is 84.1 Å². The summed E-state index contributed by atoms with van der Waals surface area (Å²) in [6, 6.07) is 0. The highest BCUT2D eigenvalue weighted by molar-refractivity contribution is 7.81. The van der Waals surface area contributed by atoms with Crippen LogP contribution in [0.5, 0.6) is 0 Å². The van der Waals surface area contributed by atoms with E-state index in [2.05, 4.69) is 0 Å². The molecule has 1 fully saturated rings. The van der Waals surface area contributed by atoms with E-state index in [-0.39, 0.29) is 11.5 Å². The Morgan fingerprint density at radius 1 is 1.31 bits per heavy atom. The Morgan fingerprint density at radius 2 is 1.77 bits per heavy atom. The van der Waals surface area contributed by atoms with Crippen molar-refractivity contribution < 1.29 is 13.6 Å². The summed E-state index contributed by atoms with van der Waals surface area (Å²) in [6.07, 6.45) is -0.181. The molecule has 0 spiro atoms. The molecule has 0 aromatic rings. The second-order valence-electron chi connectivity index (χ2n) is 4.50. The van der Waals surface area contributed by atoms with E-state index in [1.54, 1.807) is 0 Å². The zero-order valence-electron chi connectivity index (χ0n) is 8.63. The Balaban J connectivity index is 3.03. The maximum atomic E-state index is 11.5. The zero-order chi connectivity index (χ0) is 10.5. The van der Waals surface area contributed by atoms with E-state index < -0.39 is 12.5 Å². The van der Waals surface area contributed by atoms with E-state index in [0.717, 1.165) is 0 Å². The first kappa shape index (κ1) is 11.5. The van der Waals surface area contributed by atoms with E-state index in [4.69, 9.17) is 20.3 Å².